The van der Waals surface area contributed by atoms with Crippen molar-refractivity contribution in [1.82, 2.24) is 9.97 Å². The molecule has 0 aliphatic heterocycles. The summed E-state index contributed by atoms with van der Waals surface area (Å²) in [4.78, 5) is 18.6. The van der Waals surface area contributed by atoms with Crippen molar-refractivity contribution in [3.63, 3.8) is 0 Å². The molecular formula is C14H15FN2O. The highest BCUT2D eigenvalue weighted by atomic mass is 19.1. The molecule has 1 heterocycles. The van der Waals surface area contributed by atoms with Crippen LogP contribution in [0.25, 0.3) is 11.4 Å². The number of hydrogen-bond donors (Lipinski definition) is 1. The minimum Gasteiger partial charge on any atom is -0.307 e. The van der Waals surface area contributed by atoms with Crippen molar-refractivity contribution in [2.24, 2.45) is 0 Å². The molecule has 0 saturated heterocycles. The average molecular weight is 246 g/mol. The molecule has 18 heavy (non-hydrogen) atoms. The zero-order chi connectivity index (χ0) is 13.3. The Morgan fingerprint density at radius 1 is 1.28 bits per heavy atom. The first-order chi connectivity index (χ1) is 8.47. The van der Waals surface area contributed by atoms with Crippen molar-refractivity contribution in [2.75, 3.05) is 0 Å². The van der Waals surface area contributed by atoms with Crippen molar-refractivity contribution in [1.29, 1.82) is 0 Å². The monoisotopic (exact) mass is 246 g/mol. The molecule has 94 valence electrons. The van der Waals surface area contributed by atoms with Crippen molar-refractivity contribution in [2.45, 2.75) is 26.7 Å². The minimum atomic E-state index is -0.340. The van der Waals surface area contributed by atoms with E-state index in [0.29, 0.717) is 17.1 Å². The van der Waals surface area contributed by atoms with E-state index in [-0.39, 0.29) is 17.3 Å². The van der Waals surface area contributed by atoms with E-state index in [2.05, 4.69) is 9.97 Å². The molecule has 0 bridgehead atoms. The number of nitrogens with one attached hydrogen (secondary N) is 1. The molecule has 0 aliphatic rings. The van der Waals surface area contributed by atoms with Crippen molar-refractivity contribution >= 4 is 0 Å². The minimum absolute atomic E-state index is 0.153. The lowest BCUT2D eigenvalue weighted by molar-refractivity contribution is 0.627. The number of H-pyrrole nitrogens is 1. The summed E-state index contributed by atoms with van der Waals surface area (Å²) in [6.45, 7) is 5.78. The summed E-state index contributed by atoms with van der Waals surface area (Å²) in [5.41, 5.74) is 1.99. The Kier molecular flexibility index (Phi) is 3.28. The zero-order valence-electron chi connectivity index (χ0n) is 10.6. The standard InChI is InChI=1S/C14H15FN2O/c1-8(2)12-7-13(18)17-14(16-12)11-6-10(15)5-4-9(11)3/h4-8H,1-3H3,(H,16,17,18). The molecule has 1 aromatic heterocycles. The van der Waals surface area contributed by atoms with Gasteiger partial charge in [-0.2, -0.15) is 0 Å². The second-order valence-electron chi connectivity index (χ2n) is 4.63. The number of halogens is 1. The lowest BCUT2D eigenvalue weighted by atomic mass is 10.1. The molecule has 4 heteroatoms. The normalized spacial score (nSPS) is 10.9. The maximum atomic E-state index is 13.3. The molecule has 0 saturated carbocycles. The fraction of sp³-hybridized carbons (Fsp3) is 0.286. The summed E-state index contributed by atoms with van der Waals surface area (Å²) in [5, 5.41) is 0. The number of rotatable bonds is 2. The van der Waals surface area contributed by atoms with Crippen LogP contribution in [-0.2, 0) is 0 Å². The molecule has 1 aromatic carbocycles. The summed E-state index contributed by atoms with van der Waals surface area (Å²) in [7, 11) is 0. The number of nitrogens with zero attached hydrogens (tertiary/aromatic N) is 1. The van der Waals surface area contributed by atoms with Gasteiger partial charge in [0.05, 0.1) is 5.69 Å². The van der Waals surface area contributed by atoms with Crippen LogP contribution in [0.5, 0.6) is 0 Å². The third-order valence-electron chi connectivity index (χ3n) is 2.81. The van der Waals surface area contributed by atoms with Crippen LogP contribution in [0.3, 0.4) is 0 Å². The Balaban J connectivity index is 2.63. The molecule has 0 amide bonds. The van der Waals surface area contributed by atoms with Gasteiger partial charge in [0, 0.05) is 11.6 Å². The fourth-order valence-electron chi connectivity index (χ4n) is 1.75. The predicted octanol–water partition coefficient (Wildman–Crippen LogP) is 3.01. The van der Waals surface area contributed by atoms with Gasteiger partial charge in [0.1, 0.15) is 11.6 Å². The van der Waals surface area contributed by atoms with Crippen molar-refractivity contribution in [3.05, 3.63) is 51.7 Å². The summed E-state index contributed by atoms with van der Waals surface area (Å²) >= 11 is 0. The summed E-state index contributed by atoms with van der Waals surface area (Å²) in [5.74, 6) is 0.233. The molecule has 2 aromatic rings. The van der Waals surface area contributed by atoms with Crippen LogP contribution < -0.4 is 5.56 Å². The van der Waals surface area contributed by atoms with Crippen LogP contribution in [0.15, 0.2) is 29.1 Å². The van der Waals surface area contributed by atoms with E-state index >= 15 is 0 Å². The van der Waals surface area contributed by atoms with E-state index in [1.54, 1.807) is 6.07 Å². The quantitative estimate of drug-likeness (QED) is 0.885. The molecule has 0 atom stereocenters. The predicted molar refractivity (Wildman–Crippen MR) is 69.1 cm³/mol. The highest BCUT2D eigenvalue weighted by Gasteiger charge is 2.09. The number of hydrogen-bond acceptors (Lipinski definition) is 2. The highest BCUT2D eigenvalue weighted by Crippen LogP contribution is 2.21. The lowest BCUT2D eigenvalue weighted by Gasteiger charge is -2.09. The molecule has 0 spiro atoms. The third-order valence-corrected chi connectivity index (χ3v) is 2.81. The zero-order valence-corrected chi connectivity index (χ0v) is 10.6. The Bertz CT molecular complexity index is 632. The molecule has 2 rings (SSSR count). The topological polar surface area (TPSA) is 45.8 Å². The van der Waals surface area contributed by atoms with E-state index in [9.17, 15) is 9.18 Å². The van der Waals surface area contributed by atoms with Gasteiger partial charge < -0.3 is 4.98 Å². The van der Waals surface area contributed by atoms with E-state index in [1.807, 2.05) is 20.8 Å². The van der Waals surface area contributed by atoms with Gasteiger partial charge in [0.15, 0.2) is 0 Å². The molecular weight excluding hydrogens is 231 g/mol. The Morgan fingerprint density at radius 3 is 2.67 bits per heavy atom. The van der Waals surface area contributed by atoms with Crippen LogP contribution in [0.4, 0.5) is 4.39 Å². The number of aromatic nitrogens is 2. The Morgan fingerprint density at radius 2 is 2.00 bits per heavy atom. The number of aryl methyl sites for hydroxylation is 1. The number of benzene rings is 1. The summed E-state index contributed by atoms with van der Waals surface area (Å²) in [6.07, 6.45) is 0. The van der Waals surface area contributed by atoms with Crippen LogP contribution in [0, 0.1) is 12.7 Å². The number of aromatic amines is 1. The van der Waals surface area contributed by atoms with Crippen LogP contribution in [0.2, 0.25) is 0 Å². The van der Waals surface area contributed by atoms with Gasteiger partial charge in [-0.3, -0.25) is 4.79 Å². The first-order valence-electron chi connectivity index (χ1n) is 5.85. The van der Waals surface area contributed by atoms with Crippen LogP contribution in [0.1, 0.15) is 31.0 Å². The van der Waals surface area contributed by atoms with Crippen LogP contribution in [-0.4, -0.2) is 9.97 Å². The van der Waals surface area contributed by atoms with Gasteiger partial charge in [0.25, 0.3) is 5.56 Å². The fourth-order valence-corrected chi connectivity index (χ4v) is 1.75. The average Bonchev–Trinajstić information content (AvgIpc) is 2.31. The van der Waals surface area contributed by atoms with Gasteiger partial charge in [-0.15, -0.1) is 0 Å². The highest BCUT2D eigenvalue weighted by molar-refractivity contribution is 5.59. The maximum absolute atomic E-state index is 13.3. The second kappa shape index (κ2) is 4.72. The lowest BCUT2D eigenvalue weighted by Crippen LogP contribution is -2.11. The SMILES string of the molecule is Cc1ccc(F)cc1-c1nc(C(C)C)cc(=O)[nH]1. The Hall–Kier alpha value is -1.97. The van der Waals surface area contributed by atoms with Gasteiger partial charge >= 0.3 is 0 Å². The summed E-state index contributed by atoms with van der Waals surface area (Å²) < 4.78 is 13.3. The van der Waals surface area contributed by atoms with Gasteiger partial charge in [-0.1, -0.05) is 19.9 Å². The first kappa shape index (κ1) is 12.5. The molecule has 3 nitrogen and oxygen atoms in total. The van der Waals surface area contributed by atoms with Gasteiger partial charge in [0.2, 0.25) is 0 Å². The third kappa shape index (κ3) is 2.47. The van der Waals surface area contributed by atoms with Crippen molar-refractivity contribution in [3.8, 4) is 11.4 Å². The van der Waals surface area contributed by atoms with E-state index < -0.39 is 0 Å². The molecule has 0 radical (unpaired) electrons. The Labute approximate surface area is 105 Å². The van der Waals surface area contributed by atoms with E-state index in [4.69, 9.17) is 0 Å². The largest absolute Gasteiger partial charge is 0.307 e. The molecule has 0 unspecified atom stereocenters. The van der Waals surface area contributed by atoms with E-state index in [0.717, 1.165) is 5.56 Å². The summed E-state index contributed by atoms with van der Waals surface area (Å²) in [6, 6.07) is 5.93. The second-order valence-corrected chi connectivity index (χ2v) is 4.63. The van der Waals surface area contributed by atoms with Gasteiger partial charge in [-0.25, -0.2) is 9.37 Å². The van der Waals surface area contributed by atoms with E-state index in [1.165, 1.54) is 18.2 Å². The molecule has 1 N–H and O–H groups in total. The van der Waals surface area contributed by atoms with Crippen molar-refractivity contribution < 1.29 is 4.39 Å². The first-order valence-corrected chi connectivity index (χ1v) is 5.85. The maximum Gasteiger partial charge on any atom is 0.251 e. The van der Waals surface area contributed by atoms with Crippen LogP contribution >= 0.6 is 0 Å². The van der Waals surface area contributed by atoms with Gasteiger partial charge in [-0.05, 0) is 30.5 Å². The molecule has 0 aliphatic carbocycles. The molecule has 0 fully saturated rings. The smallest absolute Gasteiger partial charge is 0.251 e.